The van der Waals surface area contributed by atoms with Gasteiger partial charge in [0.25, 0.3) is 0 Å². The van der Waals surface area contributed by atoms with E-state index in [9.17, 15) is 4.39 Å². The lowest BCUT2D eigenvalue weighted by Gasteiger charge is -2.06. The highest BCUT2D eigenvalue weighted by atomic mass is 35.5. The molecule has 5 heteroatoms. The van der Waals surface area contributed by atoms with Crippen LogP contribution in [0, 0.1) is 5.82 Å². The van der Waals surface area contributed by atoms with Gasteiger partial charge in [-0.2, -0.15) is 0 Å². The van der Waals surface area contributed by atoms with Crippen LogP contribution in [0.15, 0.2) is 42.5 Å². The average Bonchev–Trinajstić information content (AvgIpc) is 2.82. The molecule has 2 nitrogen and oxygen atoms in total. The van der Waals surface area contributed by atoms with Gasteiger partial charge in [-0.15, -0.1) is 11.3 Å². The van der Waals surface area contributed by atoms with Crippen LogP contribution in [-0.4, -0.2) is 4.98 Å². The van der Waals surface area contributed by atoms with Crippen molar-refractivity contribution in [1.82, 2.24) is 4.98 Å². The summed E-state index contributed by atoms with van der Waals surface area (Å²) in [5, 5.41) is 4.56. The maximum Gasteiger partial charge on any atom is 0.125 e. The van der Waals surface area contributed by atoms with Gasteiger partial charge in [-0.25, -0.2) is 9.37 Å². The van der Waals surface area contributed by atoms with E-state index in [1.165, 1.54) is 18.2 Å². The quantitative estimate of drug-likeness (QED) is 0.757. The molecule has 0 radical (unpaired) electrons. The molecular weight excluding hydrogens is 283 g/mol. The third-order valence-electron chi connectivity index (χ3n) is 2.70. The van der Waals surface area contributed by atoms with Gasteiger partial charge in [0.1, 0.15) is 10.8 Å². The molecule has 0 aliphatic carbocycles. The van der Waals surface area contributed by atoms with Crippen LogP contribution in [0.2, 0.25) is 5.02 Å². The number of hydrogen-bond acceptors (Lipinski definition) is 3. The van der Waals surface area contributed by atoms with Crippen LogP contribution in [0.4, 0.5) is 10.1 Å². The van der Waals surface area contributed by atoms with E-state index >= 15 is 0 Å². The average molecular weight is 293 g/mol. The van der Waals surface area contributed by atoms with E-state index in [0.717, 1.165) is 15.2 Å². The van der Waals surface area contributed by atoms with Crippen LogP contribution < -0.4 is 5.32 Å². The van der Waals surface area contributed by atoms with E-state index in [0.29, 0.717) is 17.3 Å². The first-order valence-electron chi connectivity index (χ1n) is 5.76. The van der Waals surface area contributed by atoms with Gasteiger partial charge in [-0.05, 0) is 30.3 Å². The first kappa shape index (κ1) is 12.4. The van der Waals surface area contributed by atoms with Crippen LogP contribution in [0.1, 0.15) is 5.01 Å². The van der Waals surface area contributed by atoms with Crippen LogP contribution in [0.5, 0.6) is 0 Å². The van der Waals surface area contributed by atoms with E-state index < -0.39 is 0 Å². The van der Waals surface area contributed by atoms with E-state index in [4.69, 9.17) is 11.6 Å². The highest BCUT2D eigenvalue weighted by Gasteiger charge is 2.05. The van der Waals surface area contributed by atoms with Crippen LogP contribution >= 0.6 is 22.9 Å². The monoisotopic (exact) mass is 292 g/mol. The molecule has 0 atom stereocenters. The molecule has 0 saturated heterocycles. The molecule has 1 heterocycles. The topological polar surface area (TPSA) is 24.9 Å². The molecule has 19 heavy (non-hydrogen) atoms. The summed E-state index contributed by atoms with van der Waals surface area (Å²) in [5.74, 6) is -0.309. The summed E-state index contributed by atoms with van der Waals surface area (Å²) in [6.45, 7) is 0.530. The standard InChI is InChI=1S/C14H10ClFN2S/c15-10-6-5-9(16)7-12(10)17-8-14-18-11-3-1-2-4-13(11)19-14/h1-7,17H,8H2. The molecule has 2 aromatic carbocycles. The first-order chi connectivity index (χ1) is 9.22. The molecule has 0 aliphatic rings. The molecule has 0 unspecified atom stereocenters. The Hall–Kier alpha value is -1.65. The number of halogens is 2. The Bertz CT molecular complexity index is 693. The second kappa shape index (κ2) is 5.15. The minimum atomic E-state index is -0.309. The van der Waals surface area contributed by atoms with Gasteiger partial charge in [-0.1, -0.05) is 23.7 Å². The van der Waals surface area contributed by atoms with Gasteiger partial charge in [0, 0.05) is 0 Å². The van der Waals surface area contributed by atoms with Crippen LogP contribution in [0.3, 0.4) is 0 Å². The summed E-state index contributed by atoms with van der Waals surface area (Å²) in [6, 6.07) is 12.2. The predicted molar refractivity (Wildman–Crippen MR) is 78.4 cm³/mol. The summed E-state index contributed by atoms with van der Waals surface area (Å²) in [5.41, 5.74) is 1.57. The van der Waals surface area contributed by atoms with E-state index in [-0.39, 0.29) is 5.82 Å². The molecule has 1 aromatic heterocycles. The molecule has 0 fully saturated rings. The number of thiazole rings is 1. The molecule has 0 bridgehead atoms. The smallest absolute Gasteiger partial charge is 0.125 e. The zero-order chi connectivity index (χ0) is 13.2. The molecule has 3 rings (SSSR count). The zero-order valence-electron chi connectivity index (χ0n) is 9.86. The Morgan fingerprint density at radius 1 is 1.21 bits per heavy atom. The Balaban J connectivity index is 1.80. The third-order valence-corrected chi connectivity index (χ3v) is 4.06. The summed E-state index contributed by atoms with van der Waals surface area (Å²) in [7, 11) is 0. The minimum Gasteiger partial charge on any atom is -0.377 e. The third kappa shape index (κ3) is 2.69. The predicted octanol–water partition coefficient (Wildman–Crippen LogP) is 4.70. The zero-order valence-corrected chi connectivity index (χ0v) is 11.4. The summed E-state index contributed by atoms with van der Waals surface area (Å²) in [6.07, 6.45) is 0. The van der Waals surface area contributed by atoms with Gasteiger partial charge in [0.05, 0.1) is 27.5 Å². The number of hydrogen-bond donors (Lipinski definition) is 1. The normalized spacial score (nSPS) is 10.8. The van der Waals surface area contributed by atoms with Gasteiger partial charge in [-0.3, -0.25) is 0 Å². The van der Waals surface area contributed by atoms with Crippen molar-refractivity contribution in [3.63, 3.8) is 0 Å². The number of rotatable bonds is 3. The van der Waals surface area contributed by atoms with Gasteiger partial charge in [0.15, 0.2) is 0 Å². The van der Waals surface area contributed by atoms with Crippen LogP contribution in [-0.2, 0) is 6.54 Å². The largest absolute Gasteiger partial charge is 0.377 e. The maximum absolute atomic E-state index is 13.1. The fraction of sp³-hybridized carbons (Fsp3) is 0.0714. The van der Waals surface area contributed by atoms with Crippen molar-refractivity contribution in [3.8, 4) is 0 Å². The molecular formula is C14H10ClFN2S. The number of aromatic nitrogens is 1. The summed E-state index contributed by atoms with van der Waals surface area (Å²) >= 11 is 7.61. The molecule has 0 amide bonds. The molecule has 3 aromatic rings. The molecule has 96 valence electrons. The SMILES string of the molecule is Fc1ccc(Cl)c(NCc2nc3ccccc3s2)c1. The fourth-order valence-corrected chi connectivity index (χ4v) is 2.89. The van der Waals surface area contributed by atoms with Crippen molar-refractivity contribution >= 4 is 38.8 Å². The van der Waals surface area contributed by atoms with Crippen molar-refractivity contribution in [1.29, 1.82) is 0 Å². The van der Waals surface area contributed by atoms with Crippen molar-refractivity contribution in [2.75, 3.05) is 5.32 Å². The lowest BCUT2D eigenvalue weighted by atomic mass is 10.3. The molecule has 0 spiro atoms. The molecule has 1 N–H and O–H groups in total. The van der Waals surface area contributed by atoms with Crippen LogP contribution in [0.25, 0.3) is 10.2 Å². The highest BCUT2D eigenvalue weighted by Crippen LogP contribution is 2.25. The summed E-state index contributed by atoms with van der Waals surface area (Å²) < 4.78 is 14.3. The Kier molecular flexibility index (Phi) is 3.36. The summed E-state index contributed by atoms with van der Waals surface area (Å²) in [4.78, 5) is 4.50. The Morgan fingerprint density at radius 3 is 2.89 bits per heavy atom. The number of nitrogens with zero attached hydrogens (tertiary/aromatic N) is 1. The highest BCUT2D eigenvalue weighted by molar-refractivity contribution is 7.18. The molecule has 0 saturated carbocycles. The lowest BCUT2D eigenvalue weighted by Crippen LogP contribution is -1.99. The first-order valence-corrected chi connectivity index (χ1v) is 6.95. The minimum absolute atomic E-state index is 0.309. The van der Waals surface area contributed by atoms with Gasteiger partial charge in [0.2, 0.25) is 0 Å². The van der Waals surface area contributed by atoms with Gasteiger partial charge >= 0.3 is 0 Å². The van der Waals surface area contributed by atoms with Crippen molar-refractivity contribution in [2.24, 2.45) is 0 Å². The number of fused-ring (bicyclic) bond motifs is 1. The second-order valence-electron chi connectivity index (χ2n) is 4.05. The number of anilines is 1. The number of nitrogens with one attached hydrogen (secondary N) is 1. The van der Waals surface area contributed by atoms with E-state index in [2.05, 4.69) is 10.3 Å². The fourth-order valence-electron chi connectivity index (χ4n) is 1.80. The second-order valence-corrected chi connectivity index (χ2v) is 5.58. The number of benzene rings is 2. The Labute approximate surface area is 118 Å². The number of para-hydroxylation sites is 1. The van der Waals surface area contributed by atoms with Crippen molar-refractivity contribution < 1.29 is 4.39 Å². The molecule has 0 aliphatic heterocycles. The van der Waals surface area contributed by atoms with E-state index in [1.807, 2.05) is 24.3 Å². The van der Waals surface area contributed by atoms with Crippen molar-refractivity contribution in [3.05, 3.63) is 58.3 Å². The maximum atomic E-state index is 13.1. The Morgan fingerprint density at radius 2 is 2.05 bits per heavy atom. The lowest BCUT2D eigenvalue weighted by molar-refractivity contribution is 0.628. The van der Waals surface area contributed by atoms with Gasteiger partial charge < -0.3 is 5.32 Å². The van der Waals surface area contributed by atoms with Crippen molar-refractivity contribution in [2.45, 2.75) is 6.54 Å². The van der Waals surface area contributed by atoms with E-state index in [1.54, 1.807) is 11.3 Å².